The minimum absolute atomic E-state index is 0. The van der Waals surface area contributed by atoms with Crippen molar-refractivity contribution in [2.45, 2.75) is 25.4 Å². The van der Waals surface area contributed by atoms with Crippen molar-refractivity contribution < 1.29 is 9.53 Å². The van der Waals surface area contributed by atoms with Crippen molar-refractivity contribution in [1.29, 1.82) is 0 Å². The molecule has 0 bridgehead atoms. The Bertz CT molecular complexity index is 973. The van der Waals surface area contributed by atoms with Crippen molar-refractivity contribution >= 4 is 24.3 Å². The van der Waals surface area contributed by atoms with Crippen molar-refractivity contribution in [3.8, 4) is 5.88 Å². The van der Waals surface area contributed by atoms with E-state index in [1.807, 2.05) is 30.3 Å². The van der Waals surface area contributed by atoms with E-state index in [0.717, 1.165) is 37.3 Å². The van der Waals surface area contributed by atoms with Crippen LogP contribution in [0.5, 0.6) is 5.88 Å². The monoisotopic (exact) mass is 428 g/mol. The van der Waals surface area contributed by atoms with E-state index >= 15 is 0 Å². The summed E-state index contributed by atoms with van der Waals surface area (Å²) >= 11 is 0. The lowest BCUT2D eigenvalue weighted by Gasteiger charge is -2.19. The summed E-state index contributed by atoms with van der Waals surface area (Å²) in [6.07, 6.45) is 3.57. The van der Waals surface area contributed by atoms with Gasteiger partial charge in [0, 0.05) is 30.8 Å². The topological polar surface area (TPSA) is 94.0 Å². The minimum atomic E-state index is -0.274. The second kappa shape index (κ2) is 10.2. The molecule has 0 spiro atoms. The molecule has 3 aromatic rings. The molecule has 0 atom stereocenters. The highest BCUT2D eigenvalue weighted by Crippen LogP contribution is 2.23. The largest absolute Gasteiger partial charge is 0.473 e. The molecule has 2 N–H and O–H groups in total. The Hall–Kier alpha value is -2.97. The van der Waals surface area contributed by atoms with Crippen molar-refractivity contribution in [2.75, 3.05) is 18.4 Å². The number of aromatic nitrogens is 4. The number of hydrogen-bond donors (Lipinski definition) is 2. The molecule has 1 saturated heterocycles. The second-order valence-electron chi connectivity index (χ2n) is 7.05. The third-order valence-electron chi connectivity index (χ3n) is 4.94. The summed E-state index contributed by atoms with van der Waals surface area (Å²) in [7, 11) is 1.79. The van der Waals surface area contributed by atoms with Gasteiger partial charge in [-0.15, -0.1) is 12.4 Å². The number of pyridine rings is 1. The number of carbonyl (C=O) groups excluding carboxylic acids is 1. The van der Waals surface area contributed by atoms with E-state index in [1.165, 1.54) is 0 Å². The maximum absolute atomic E-state index is 12.7. The first kappa shape index (κ1) is 21.7. The molecule has 1 amide bonds. The van der Waals surface area contributed by atoms with Gasteiger partial charge in [0.05, 0.1) is 0 Å². The molecular formula is C21H25ClN6O2. The summed E-state index contributed by atoms with van der Waals surface area (Å²) in [4.78, 5) is 21.4. The van der Waals surface area contributed by atoms with E-state index < -0.39 is 0 Å². The fraction of sp³-hybridized carbons (Fsp3) is 0.333. The van der Waals surface area contributed by atoms with Crippen LogP contribution < -0.4 is 15.4 Å². The van der Waals surface area contributed by atoms with Gasteiger partial charge in [0.25, 0.3) is 5.91 Å². The smallest absolute Gasteiger partial charge is 0.258 e. The maximum atomic E-state index is 12.7. The van der Waals surface area contributed by atoms with E-state index in [4.69, 9.17) is 4.74 Å². The summed E-state index contributed by atoms with van der Waals surface area (Å²) < 4.78 is 7.32. The van der Waals surface area contributed by atoms with Crippen molar-refractivity contribution in [3.05, 3.63) is 65.6 Å². The van der Waals surface area contributed by atoms with Crippen LogP contribution in [0.15, 0.2) is 48.7 Å². The van der Waals surface area contributed by atoms with Gasteiger partial charge in [-0.3, -0.25) is 10.1 Å². The van der Waals surface area contributed by atoms with Gasteiger partial charge in [0.1, 0.15) is 6.61 Å². The predicted molar refractivity (Wildman–Crippen MR) is 116 cm³/mol. The van der Waals surface area contributed by atoms with Crippen LogP contribution in [0.25, 0.3) is 0 Å². The van der Waals surface area contributed by atoms with Crippen LogP contribution in [0.3, 0.4) is 0 Å². The standard InChI is InChI=1S/C21H24N6O2.ClH/c1-27-21(24-19(26-27)16-7-10-22-11-8-16)25-20(28)17-9-12-23-18(13-17)29-14-15-5-3-2-4-6-15;/h2-6,9,12-13,16,22H,7-8,10-11,14H2,1H3,(H,24,25,26,28);1H. The highest BCUT2D eigenvalue weighted by atomic mass is 35.5. The van der Waals surface area contributed by atoms with E-state index in [-0.39, 0.29) is 18.3 Å². The molecule has 158 valence electrons. The first-order valence-electron chi connectivity index (χ1n) is 9.75. The normalized spacial score (nSPS) is 14.0. The third kappa shape index (κ3) is 5.34. The molecule has 0 aliphatic carbocycles. The van der Waals surface area contributed by atoms with Crippen molar-refractivity contribution in [1.82, 2.24) is 25.1 Å². The first-order valence-corrected chi connectivity index (χ1v) is 9.75. The van der Waals surface area contributed by atoms with Crippen LogP contribution in [0, 0.1) is 0 Å². The Morgan fingerprint density at radius 2 is 2.00 bits per heavy atom. The molecule has 0 radical (unpaired) electrons. The number of ether oxygens (including phenoxy) is 1. The lowest BCUT2D eigenvalue weighted by atomic mass is 9.98. The summed E-state index contributed by atoms with van der Waals surface area (Å²) in [5.41, 5.74) is 1.49. The van der Waals surface area contributed by atoms with E-state index in [9.17, 15) is 4.79 Å². The molecule has 2 aromatic heterocycles. The van der Waals surface area contributed by atoms with Crippen LogP contribution in [0.4, 0.5) is 5.95 Å². The quantitative estimate of drug-likeness (QED) is 0.627. The number of nitrogens with zero attached hydrogens (tertiary/aromatic N) is 4. The molecular weight excluding hydrogens is 404 g/mol. The maximum Gasteiger partial charge on any atom is 0.258 e. The number of aryl methyl sites for hydroxylation is 1. The Labute approximate surface area is 181 Å². The molecule has 1 aliphatic heterocycles. The first-order chi connectivity index (χ1) is 14.2. The molecule has 1 aliphatic rings. The SMILES string of the molecule is Cl.Cn1nc(C2CCNCC2)nc1NC(=O)c1ccnc(OCc2ccccc2)c1. The van der Waals surface area contributed by atoms with Gasteiger partial charge < -0.3 is 10.1 Å². The molecule has 9 heteroatoms. The fourth-order valence-corrected chi connectivity index (χ4v) is 3.30. The highest BCUT2D eigenvalue weighted by molar-refractivity contribution is 6.03. The van der Waals surface area contributed by atoms with Gasteiger partial charge in [-0.25, -0.2) is 9.67 Å². The number of halogens is 1. The molecule has 30 heavy (non-hydrogen) atoms. The van der Waals surface area contributed by atoms with Crippen molar-refractivity contribution in [2.24, 2.45) is 7.05 Å². The molecule has 0 saturated carbocycles. The van der Waals surface area contributed by atoms with Gasteiger partial charge in [0.2, 0.25) is 11.8 Å². The van der Waals surface area contributed by atoms with Gasteiger partial charge in [-0.05, 0) is 37.6 Å². The predicted octanol–water partition coefficient (Wildman–Crippen LogP) is 2.93. The number of carbonyl (C=O) groups is 1. The zero-order valence-corrected chi connectivity index (χ0v) is 17.6. The van der Waals surface area contributed by atoms with Gasteiger partial charge in [-0.2, -0.15) is 10.1 Å². The van der Waals surface area contributed by atoms with Gasteiger partial charge in [-0.1, -0.05) is 30.3 Å². The van der Waals surface area contributed by atoms with Crippen LogP contribution in [0.1, 0.15) is 40.5 Å². The van der Waals surface area contributed by atoms with Gasteiger partial charge >= 0.3 is 0 Å². The third-order valence-corrected chi connectivity index (χ3v) is 4.94. The van der Waals surface area contributed by atoms with Crippen LogP contribution in [-0.4, -0.2) is 38.7 Å². The average Bonchev–Trinajstić information content (AvgIpc) is 3.14. The number of rotatable bonds is 6. The average molecular weight is 429 g/mol. The molecule has 0 unspecified atom stereocenters. The number of benzene rings is 1. The summed E-state index contributed by atoms with van der Waals surface area (Å²) in [6.45, 7) is 2.32. The Morgan fingerprint density at radius 3 is 2.77 bits per heavy atom. The molecule has 1 fully saturated rings. The van der Waals surface area contributed by atoms with Crippen LogP contribution in [0.2, 0.25) is 0 Å². The van der Waals surface area contributed by atoms with Crippen LogP contribution in [-0.2, 0) is 13.7 Å². The molecule has 1 aromatic carbocycles. The summed E-state index contributed by atoms with van der Waals surface area (Å²) in [6, 6.07) is 13.1. The Morgan fingerprint density at radius 1 is 1.23 bits per heavy atom. The lowest BCUT2D eigenvalue weighted by Crippen LogP contribution is -2.27. The van der Waals surface area contributed by atoms with E-state index in [0.29, 0.717) is 29.9 Å². The van der Waals surface area contributed by atoms with Crippen LogP contribution >= 0.6 is 12.4 Å². The zero-order chi connectivity index (χ0) is 20.1. The fourth-order valence-electron chi connectivity index (χ4n) is 3.30. The van der Waals surface area contributed by atoms with Gasteiger partial charge in [0.15, 0.2) is 5.82 Å². The van der Waals surface area contributed by atoms with E-state index in [1.54, 1.807) is 30.1 Å². The number of piperidine rings is 1. The number of nitrogens with one attached hydrogen (secondary N) is 2. The summed E-state index contributed by atoms with van der Waals surface area (Å²) in [5, 5.41) is 10.7. The number of hydrogen-bond acceptors (Lipinski definition) is 6. The minimum Gasteiger partial charge on any atom is -0.473 e. The Balaban J connectivity index is 0.00000256. The molecule has 8 nitrogen and oxygen atoms in total. The zero-order valence-electron chi connectivity index (χ0n) is 16.7. The lowest BCUT2D eigenvalue weighted by molar-refractivity contribution is 0.102. The molecule has 3 heterocycles. The highest BCUT2D eigenvalue weighted by Gasteiger charge is 2.21. The second-order valence-corrected chi connectivity index (χ2v) is 7.05. The number of amides is 1. The number of anilines is 1. The molecule has 4 rings (SSSR count). The summed E-state index contributed by atoms with van der Waals surface area (Å²) in [5.74, 6) is 1.67. The van der Waals surface area contributed by atoms with Crippen molar-refractivity contribution in [3.63, 3.8) is 0 Å². The Kier molecular flexibility index (Phi) is 7.37. The van der Waals surface area contributed by atoms with E-state index in [2.05, 4.69) is 25.7 Å².